The number of allylic oxidation sites excluding steroid dienone is 8. The van der Waals surface area contributed by atoms with Gasteiger partial charge in [0.1, 0.15) is 0 Å². The Morgan fingerprint density at radius 1 is 0.410 bits per heavy atom. The van der Waals surface area contributed by atoms with E-state index < -0.39 is 0 Å². The molecule has 0 spiro atoms. The van der Waals surface area contributed by atoms with E-state index in [4.69, 9.17) is 4.74 Å². The fourth-order valence-corrected chi connectivity index (χ4v) is 4.39. The van der Waals surface area contributed by atoms with Crippen LogP contribution in [0.4, 0.5) is 0 Å². The zero-order valence-electron chi connectivity index (χ0n) is 25.8. The summed E-state index contributed by atoms with van der Waals surface area (Å²) in [5.41, 5.74) is 0. The second kappa shape index (κ2) is 32.3. The largest absolute Gasteiger partial charge is 0.393 e. The molecule has 224 valence electrons. The van der Waals surface area contributed by atoms with Crippen LogP contribution in [0, 0.1) is 0 Å². The van der Waals surface area contributed by atoms with E-state index in [1.165, 1.54) is 77.0 Å². The Morgan fingerprint density at radius 3 is 1.08 bits per heavy atom. The van der Waals surface area contributed by atoms with Gasteiger partial charge in [-0.1, -0.05) is 127 Å². The van der Waals surface area contributed by atoms with E-state index >= 15 is 0 Å². The van der Waals surface area contributed by atoms with Crippen LogP contribution < -0.4 is 0 Å². The molecule has 0 heterocycles. The van der Waals surface area contributed by atoms with E-state index in [-0.39, 0.29) is 11.9 Å². The normalized spacial score (nSPS) is 12.1. The van der Waals surface area contributed by atoms with E-state index in [9.17, 15) is 9.59 Å². The summed E-state index contributed by atoms with van der Waals surface area (Å²) in [7, 11) is 0. The molecular weight excluding hydrogens is 480 g/mol. The van der Waals surface area contributed by atoms with Gasteiger partial charge in [0.25, 0.3) is 0 Å². The van der Waals surface area contributed by atoms with Crippen LogP contribution in [0.2, 0.25) is 0 Å². The van der Waals surface area contributed by atoms with Crippen LogP contribution in [-0.2, 0) is 14.3 Å². The van der Waals surface area contributed by atoms with Crippen LogP contribution in [-0.4, -0.2) is 11.9 Å². The van der Waals surface area contributed by atoms with E-state index in [1.807, 2.05) is 0 Å². The Morgan fingerprint density at radius 2 is 0.718 bits per heavy atom. The number of ether oxygens (including phenoxy) is 1. The maximum absolute atomic E-state index is 11.9. The Hall–Kier alpha value is -1.90. The van der Waals surface area contributed by atoms with Gasteiger partial charge in [-0.25, -0.2) is 0 Å². The van der Waals surface area contributed by atoms with Crippen molar-refractivity contribution in [2.45, 2.75) is 168 Å². The van der Waals surface area contributed by atoms with Crippen LogP contribution in [0.5, 0.6) is 0 Å². The monoisotopic (exact) mass is 542 g/mol. The van der Waals surface area contributed by atoms with Gasteiger partial charge in [-0.15, -0.1) is 0 Å². The topological polar surface area (TPSA) is 43.4 Å². The molecule has 0 fully saturated rings. The van der Waals surface area contributed by atoms with Gasteiger partial charge in [0.05, 0.1) is 0 Å². The smallest absolute Gasteiger partial charge is 0.313 e. The first kappa shape index (κ1) is 37.1. The summed E-state index contributed by atoms with van der Waals surface area (Å²) in [6.07, 6.45) is 44.3. The lowest BCUT2D eigenvalue weighted by Gasteiger charge is -2.04. The van der Waals surface area contributed by atoms with E-state index in [0.717, 1.165) is 64.2 Å². The number of unbranched alkanes of at least 4 members (excludes halogenated alkanes) is 16. The molecule has 0 rings (SSSR count). The van der Waals surface area contributed by atoms with Crippen molar-refractivity contribution in [2.24, 2.45) is 0 Å². The summed E-state index contributed by atoms with van der Waals surface area (Å²) in [5, 5.41) is 0. The molecule has 39 heavy (non-hydrogen) atoms. The lowest BCUT2D eigenvalue weighted by atomic mass is 10.1. The third kappa shape index (κ3) is 32.2. The minimum Gasteiger partial charge on any atom is -0.393 e. The molecule has 0 bridgehead atoms. The summed E-state index contributed by atoms with van der Waals surface area (Å²) in [4.78, 5) is 23.8. The third-order valence-corrected chi connectivity index (χ3v) is 6.89. The highest BCUT2D eigenvalue weighted by Gasteiger charge is 2.09. The van der Waals surface area contributed by atoms with Gasteiger partial charge in [0.2, 0.25) is 0 Å². The highest BCUT2D eigenvalue weighted by molar-refractivity contribution is 5.85. The molecule has 0 aliphatic carbocycles. The Bertz CT molecular complexity index is 600. The van der Waals surface area contributed by atoms with Gasteiger partial charge in [-0.2, -0.15) is 0 Å². The molecule has 0 atom stereocenters. The van der Waals surface area contributed by atoms with Gasteiger partial charge in [0.15, 0.2) is 0 Å². The molecule has 0 amide bonds. The number of carbonyl (C=O) groups excluding carboxylic acids is 2. The first-order chi connectivity index (χ1) is 19.2. The zero-order valence-corrected chi connectivity index (χ0v) is 25.8. The maximum atomic E-state index is 11.9. The average Bonchev–Trinajstić information content (AvgIpc) is 2.93. The molecule has 0 aromatic rings. The molecule has 3 nitrogen and oxygen atoms in total. The Balaban J connectivity index is 3.44. The van der Waals surface area contributed by atoms with Gasteiger partial charge in [-0.05, 0) is 77.0 Å². The summed E-state index contributed by atoms with van der Waals surface area (Å²) in [6.45, 7) is 4.48. The molecular formula is C36H62O3. The van der Waals surface area contributed by atoms with Crippen molar-refractivity contribution >= 4 is 11.9 Å². The van der Waals surface area contributed by atoms with E-state index in [0.29, 0.717) is 12.8 Å². The first-order valence-corrected chi connectivity index (χ1v) is 16.5. The predicted octanol–water partition coefficient (Wildman–Crippen LogP) is 11.7. The Labute approximate surface area is 242 Å². The molecule has 0 saturated heterocycles. The number of rotatable bonds is 28. The number of carbonyl (C=O) groups is 2. The quantitative estimate of drug-likeness (QED) is 0.0427. The van der Waals surface area contributed by atoms with Crippen molar-refractivity contribution in [3.05, 3.63) is 48.6 Å². The van der Waals surface area contributed by atoms with Crippen molar-refractivity contribution < 1.29 is 14.3 Å². The van der Waals surface area contributed by atoms with Gasteiger partial charge < -0.3 is 4.74 Å². The molecule has 0 radical (unpaired) electrons. The summed E-state index contributed by atoms with van der Waals surface area (Å²) >= 11 is 0. The highest BCUT2D eigenvalue weighted by atomic mass is 16.6. The highest BCUT2D eigenvalue weighted by Crippen LogP contribution is 2.11. The number of hydrogen-bond donors (Lipinski definition) is 0. The van der Waals surface area contributed by atoms with Crippen LogP contribution >= 0.6 is 0 Å². The second-order valence-electron chi connectivity index (χ2n) is 10.8. The maximum Gasteiger partial charge on any atom is 0.313 e. The van der Waals surface area contributed by atoms with Gasteiger partial charge >= 0.3 is 11.9 Å². The van der Waals surface area contributed by atoms with Crippen molar-refractivity contribution in [3.63, 3.8) is 0 Å². The minimum atomic E-state index is -0.353. The summed E-state index contributed by atoms with van der Waals surface area (Å²) in [5.74, 6) is -0.707. The standard InChI is InChI=1S/C36H62O3/c1-3-5-7-9-11-13-15-17-19-21-23-25-27-29-31-33-35(37)39-36(38)34-32-30-28-26-24-22-20-18-16-14-12-10-8-6-4-2/h11-14,17-20H,3-10,15-16,21-34H2,1-2H3/b13-11-,14-12-,19-17-,20-18-. The van der Waals surface area contributed by atoms with Gasteiger partial charge in [0, 0.05) is 12.8 Å². The predicted molar refractivity (Wildman–Crippen MR) is 170 cm³/mol. The summed E-state index contributed by atoms with van der Waals surface area (Å²) < 4.78 is 4.98. The van der Waals surface area contributed by atoms with Crippen LogP contribution in [0.3, 0.4) is 0 Å². The van der Waals surface area contributed by atoms with Gasteiger partial charge in [-0.3, -0.25) is 9.59 Å². The van der Waals surface area contributed by atoms with Crippen molar-refractivity contribution in [1.29, 1.82) is 0 Å². The Kier molecular flexibility index (Phi) is 30.7. The van der Waals surface area contributed by atoms with Crippen LogP contribution in [0.15, 0.2) is 48.6 Å². The van der Waals surface area contributed by atoms with E-state index in [1.54, 1.807) is 0 Å². The fourth-order valence-electron chi connectivity index (χ4n) is 4.39. The minimum absolute atomic E-state index is 0.353. The number of esters is 2. The SMILES string of the molecule is CCCCC/C=C\C/C=C\CCCCCCCC(=O)OC(=O)CCCCCCC/C=C\C/C=C\CCCCC. The van der Waals surface area contributed by atoms with Crippen LogP contribution in [0.25, 0.3) is 0 Å². The average molecular weight is 543 g/mol. The fraction of sp³-hybridized carbons (Fsp3) is 0.722. The van der Waals surface area contributed by atoms with E-state index in [2.05, 4.69) is 62.5 Å². The van der Waals surface area contributed by atoms with Crippen molar-refractivity contribution in [3.8, 4) is 0 Å². The lowest BCUT2D eigenvalue weighted by Crippen LogP contribution is -2.11. The summed E-state index contributed by atoms with van der Waals surface area (Å²) in [6, 6.07) is 0. The van der Waals surface area contributed by atoms with Crippen LogP contribution in [0.1, 0.15) is 168 Å². The van der Waals surface area contributed by atoms with Crippen molar-refractivity contribution in [2.75, 3.05) is 0 Å². The molecule has 0 aliphatic heterocycles. The zero-order chi connectivity index (χ0) is 28.5. The molecule has 3 heteroatoms. The first-order valence-electron chi connectivity index (χ1n) is 16.5. The molecule has 0 aromatic heterocycles. The molecule has 0 N–H and O–H groups in total. The molecule has 0 aromatic carbocycles. The third-order valence-electron chi connectivity index (χ3n) is 6.89. The lowest BCUT2D eigenvalue weighted by molar-refractivity contribution is -0.159. The number of hydrogen-bond acceptors (Lipinski definition) is 3. The van der Waals surface area contributed by atoms with Crippen molar-refractivity contribution in [1.82, 2.24) is 0 Å². The molecule has 0 aliphatic rings. The second-order valence-corrected chi connectivity index (χ2v) is 10.8. The molecule has 0 unspecified atom stereocenters. The molecule has 0 saturated carbocycles.